The summed E-state index contributed by atoms with van der Waals surface area (Å²) in [6.07, 6.45) is 9.20. The molecule has 0 radical (unpaired) electrons. The molecule has 4 fully saturated rings. The van der Waals surface area contributed by atoms with Gasteiger partial charge in [-0.2, -0.15) is 0 Å². The first-order chi connectivity index (χ1) is 13.4. The Bertz CT molecular complexity index is 745. The highest BCUT2D eigenvalue weighted by Crippen LogP contribution is 2.60. The van der Waals surface area contributed by atoms with Crippen molar-refractivity contribution in [3.05, 3.63) is 29.8 Å². The molecular weight excluding hydrogens is 350 g/mol. The Hall–Kier alpha value is -1.97. The Morgan fingerprint density at radius 1 is 1.14 bits per heavy atom. The summed E-state index contributed by atoms with van der Waals surface area (Å²) < 4.78 is 11.4. The quantitative estimate of drug-likeness (QED) is 0.685. The number of methoxy groups -OCH3 is 1. The topological polar surface area (TPSA) is 47.6 Å². The molecule has 4 aliphatic rings. The van der Waals surface area contributed by atoms with E-state index < -0.39 is 0 Å². The van der Waals surface area contributed by atoms with Crippen molar-refractivity contribution in [3.8, 4) is 11.5 Å². The molecule has 1 N–H and O–H groups in total. The molecule has 4 bridgehead atoms. The molecule has 0 heterocycles. The summed E-state index contributed by atoms with van der Waals surface area (Å²) >= 11 is 0. The molecule has 5 rings (SSSR count). The van der Waals surface area contributed by atoms with Crippen LogP contribution in [0.3, 0.4) is 0 Å². The highest BCUT2D eigenvalue weighted by atomic mass is 16.5. The van der Waals surface area contributed by atoms with Gasteiger partial charge in [0.15, 0.2) is 5.78 Å². The van der Waals surface area contributed by atoms with Gasteiger partial charge < -0.3 is 14.8 Å². The van der Waals surface area contributed by atoms with E-state index in [-0.39, 0.29) is 11.5 Å². The highest BCUT2D eigenvalue weighted by molar-refractivity contribution is 6.01. The number of carbonyl (C=O) groups excluding carboxylic acids is 1. The maximum atomic E-state index is 13.5. The lowest BCUT2D eigenvalue weighted by Gasteiger charge is -2.55. The van der Waals surface area contributed by atoms with Crippen LogP contribution in [0.5, 0.6) is 11.5 Å². The SMILES string of the molecule is CN/C(=C\C(=O)C12CC3CC(CC(C3)C1)C2)c1ccc(OC)cc1OC(C)C. The van der Waals surface area contributed by atoms with E-state index in [4.69, 9.17) is 9.47 Å². The third-order valence-electron chi connectivity index (χ3n) is 6.95. The van der Waals surface area contributed by atoms with Crippen molar-refractivity contribution >= 4 is 11.5 Å². The predicted molar refractivity (Wildman–Crippen MR) is 111 cm³/mol. The van der Waals surface area contributed by atoms with E-state index in [0.717, 1.165) is 59.8 Å². The third-order valence-corrected chi connectivity index (χ3v) is 6.95. The summed E-state index contributed by atoms with van der Waals surface area (Å²) in [4.78, 5) is 13.5. The number of hydrogen-bond donors (Lipinski definition) is 1. The fourth-order valence-electron chi connectivity index (χ4n) is 6.18. The van der Waals surface area contributed by atoms with E-state index in [1.165, 1.54) is 19.3 Å². The summed E-state index contributed by atoms with van der Waals surface area (Å²) in [6.45, 7) is 4.01. The number of ether oxygens (including phenoxy) is 2. The van der Waals surface area contributed by atoms with Crippen LogP contribution in [0, 0.1) is 23.2 Å². The molecule has 0 spiro atoms. The van der Waals surface area contributed by atoms with Gasteiger partial charge >= 0.3 is 0 Å². The van der Waals surface area contributed by atoms with Crippen LogP contribution in [-0.2, 0) is 4.79 Å². The van der Waals surface area contributed by atoms with Crippen molar-refractivity contribution in [3.63, 3.8) is 0 Å². The Morgan fingerprint density at radius 3 is 2.25 bits per heavy atom. The van der Waals surface area contributed by atoms with Gasteiger partial charge in [-0.1, -0.05) is 0 Å². The smallest absolute Gasteiger partial charge is 0.163 e. The first-order valence-corrected chi connectivity index (χ1v) is 10.7. The molecule has 4 heteroatoms. The molecule has 152 valence electrons. The van der Waals surface area contributed by atoms with Gasteiger partial charge in [0.1, 0.15) is 11.5 Å². The largest absolute Gasteiger partial charge is 0.497 e. The van der Waals surface area contributed by atoms with Gasteiger partial charge in [0, 0.05) is 35.9 Å². The molecule has 1 aromatic rings. The lowest BCUT2D eigenvalue weighted by molar-refractivity contribution is -0.138. The fourth-order valence-corrected chi connectivity index (χ4v) is 6.18. The summed E-state index contributed by atoms with van der Waals surface area (Å²) in [5.74, 6) is 4.10. The van der Waals surface area contributed by atoms with Crippen LogP contribution >= 0.6 is 0 Å². The van der Waals surface area contributed by atoms with E-state index in [1.807, 2.05) is 45.2 Å². The molecule has 1 aromatic carbocycles. The highest BCUT2D eigenvalue weighted by Gasteiger charge is 2.53. The van der Waals surface area contributed by atoms with Gasteiger partial charge in [-0.15, -0.1) is 0 Å². The lowest BCUT2D eigenvalue weighted by Crippen LogP contribution is -2.49. The molecule has 4 nitrogen and oxygen atoms in total. The second-order valence-electron chi connectivity index (χ2n) is 9.40. The average Bonchev–Trinajstić information content (AvgIpc) is 2.64. The van der Waals surface area contributed by atoms with Gasteiger partial charge in [-0.25, -0.2) is 0 Å². The monoisotopic (exact) mass is 383 g/mol. The lowest BCUT2D eigenvalue weighted by atomic mass is 9.48. The molecule has 0 aromatic heterocycles. The van der Waals surface area contributed by atoms with Gasteiger partial charge in [0.05, 0.1) is 13.2 Å². The first kappa shape index (κ1) is 19.4. The molecule has 0 saturated heterocycles. The normalized spacial score (nSPS) is 31.2. The number of hydrogen-bond acceptors (Lipinski definition) is 4. The predicted octanol–water partition coefficient (Wildman–Crippen LogP) is 4.83. The van der Waals surface area contributed by atoms with Crippen LogP contribution in [0.4, 0.5) is 0 Å². The second kappa shape index (κ2) is 7.46. The minimum absolute atomic E-state index is 0.0443. The zero-order valence-corrected chi connectivity index (χ0v) is 17.6. The van der Waals surface area contributed by atoms with E-state index in [9.17, 15) is 4.79 Å². The minimum atomic E-state index is -0.123. The Labute approximate surface area is 168 Å². The molecule has 0 aliphatic heterocycles. The van der Waals surface area contributed by atoms with Crippen molar-refractivity contribution in [2.45, 2.75) is 58.5 Å². The van der Waals surface area contributed by atoms with Crippen molar-refractivity contribution in [2.75, 3.05) is 14.2 Å². The van der Waals surface area contributed by atoms with E-state index >= 15 is 0 Å². The van der Waals surface area contributed by atoms with Crippen molar-refractivity contribution in [2.24, 2.45) is 23.2 Å². The fraction of sp³-hybridized carbons (Fsp3) is 0.625. The maximum Gasteiger partial charge on any atom is 0.163 e. The molecule has 4 aliphatic carbocycles. The average molecular weight is 384 g/mol. The zero-order chi connectivity index (χ0) is 19.9. The second-order valence-corrected chi connectivity index (χ2v) is 9.40. The molecule has 28 heavy (non-hydrogen) atoms. The molecule has 0 unspecified atom stereocenters. The Morgan fingerprint density at radius 2 is 1.75 bits per heavy atom. The zero-order valence-electron chi connectivity index (χ0n) is 17.6. The standard InChI is InChI=1S/C24H33NO3/c1-15(2)28-22-10-19(27-4)5-6-20(22)21(25-3)11-23(26)24-12-16-7-17(13-24)9-18(8-16)14-24/h5-6,10-11,15-18,25H,7-9,12-14H2,1-4H3/b21-11-. The minimum Gasteiger partial charge on any atom is -0.497 e. The van der Waals surface area contributed by atoms with E-state index in [2.05, 4.69) is 5.32 Å². The van der Waals surface area contributed by atoms with Gasteiger partial charge in [0.25, 0.3) is 0 Å². The number of ketones is 1. The maximum absolute atomic E-state index is 13.5. The number of nitrogens with one attached hydrogen (secondary N) is 1. The van der Waals surface area contributed by atoms with Crippen LogP contribution in [0.15, 0.2) is 24.3 Å². The van der Waals surface area contributed by atoms with Gasteiger partial charge in [-0.05, 0) is 82.3 Å². The van der Waals surface area contributed by atoms with Crippen LogP contribution in [0.2, 0.25) is 0 Å². The Kier molecular flexibility index (Phi) is 5.15. The number of benzene rings is 1. The van der Waals surface area contributed by atoms with Crippen LogP contribution < -0.4 is 14.8 Å². The van der Waals surface area contributed by atoms with Crippen molar-refractivity contribution < 1.29 is 14.3 Å². The van der Waals surface area contributed by atoms with E-state index in [0.29, 0.717) is 5.78 Å². The number of carbonyl (C=O) groups is 1. The molecule has 0 amide bonds. The Balaban J connectivity index is 1.65. The number of allylic oxidation sites excluding steroid dienone is 1. The molecule has 4 saturated carbocycles. The number of rotatable bonds is 7. The first-order valence-electron chi connectivity index (χ1n) is 10.7. The third kappa shape index (κ3) is 3.54. The van der Waals surface area contributed by atoms with Crippen molar-refractivity contribution in [1.29, 1.82) is 0 Å². The van der Waals surface area contributed by atoms with E-state index in [1.54, 1.807) is 7.11 Å². The van der Waals surface area contributed by atoms with Crippen LogP contribution in [0.25, 0.3) is 5.70 Å². The summed E-state index contributed by atoms with van der Waals surface area (Å²) in [6, 6.07) is 5.80. The van der Waals surface area contributed by atoms with Crippen LogP contribution in [-0.4, -0.2) is 26.0 Å². The summed E-state index contributed by atoms with van der Waals surface area (Å²) in [7, 11) is 3.53. The van der Waals surface area contributed by atoms with Gasteiger partial charge in [-0.3, -0.25) is 4.79 Å². The van der Waals surface area contributed by atoms with Gasteiger partial charge in [0.2, 0.25) is 0 Å². The molecule has 0 atom stereocenters. The van der Waals surface area contributed by atoms with Crippen molar-refractivity contribution in [1.82, 2.24) is 5.32 Å². The van der Waals surface area contributed by atoms with Crippen LogP contribution in [0.1, 0.15) is 57.9 Å². The summed E-state index contributed by atoms with van der Waals surface area (Å²) in [5.41, 5.74) is 1.62. The summed E-state index contributed by atoms with van der Waals surface area (Å²) in [5, 5.41) is 3.25. The molecular formula is C24H33NO3.